The van der Waals surface area contributed by atoms with Crippen LogP contribution in [-0.4, -0.2) is 64.8 Å². The predicted octanol–water partition coefficient (Wildman–Crippen LogP) is 3.14. The second kappa shape index (κ2) is 9.73. The van der Waals surface area contributed by atoms with E-state index in [1.54, 1.807) is 0 Å². The van der Waals surface area contributed by atoms with Gasteiger partial charge in [-0.05, 0) is 50.6 Å². The summed E-state index contributed by atoms with van der Waals surface area (Å²) in [5.74, 6) is 0.942. The average Bonchev–Trinajstić information content (AvgIpc) is 3.04. The molecule has 1 fully saturated rings. The number of aryl methyl sites for hydroxylation is 2. The van der Waals surface area contributed by atoms with Crippen LogP contribution in [0.3, 0.4) is 0 Å². The number of nitrogens with zero attached hydrogens (tertiary/aromatic N) is 4. The Morgan fingerprint density at radius 1 is 1.07 bits per heavy atom. The van der Waals surface area contributed by atoms with Gasteiger partial charge in [0.15, 0.2) is 0 Å². The number of aromatic nitrogens is 2. The highest BCUT2D eigenvalue weighted by Gasteiger charge is 2.22. The Hall–Kier alpha value is -2.34. The van der Waals surface area contributed by atoms with Crippen LogP contribution in [0.5, 0.6) is 5.75 Å². The minimum atomic E-state index is 0.110. The van der Waals surface area contributed by atoms with Crippen LogP contribution in [-0.2, 0) is 6.54 Å². The lowest BCUT2D eigenvalue weighted by molar-refractivity contribution is 0.0631. The molecule has 0 saturated carbocycles. The summed E-state index contributed by atoms with van der Waals surface area (Å²) in [7, 11) is 0. The lowest BCUT2D eigenvalue weighted by Crippen LogP contribution is -2.49. The first-order chi connectivity index (χ1) is 13.6. The maximum atomic E-state index is 12.8. The molecule has 0 aliphatic carbocycles. The van der Waals surface area contributed by atoms with Gasteiger partial charge in [0.1, 0.15) is 5.75 Å². The van der Waals surface area contributed by atoms with Crippen molar-refractivity contribution in [2.45, 2.75) is 40.2 Å². The normalized spacial score (nSPS) is 15.0. The zero-order chi connectivity index (χ0) is 19.9. The van der Waals surface area contributed by atoms with E-state index in [2.05, 4.69) is 34.6 Å². The van der Waals surface area contributed by atoms with E-state index in [0.717, 1.165) is 75.7 Å². The summed E-state index contributed by atoms with van der Waals surface area (Å²) in [6.07, 6.45) is 2.16. The van der Waals surface area contributed by atoms with Crippen molar-refractivity contribution >= 4 is 5.91 Å². The van der Waals surface area contributed by atoms with Crippen LogP contribution >= 0.6 is 0 Å². The van der Waals surface area contributed by atoms with Gasteiger partial charge in [0.2, 0.25) is 0 Å². The second-order valence-corrected chi connectivity index (χ2v) is 7.51. The molecule has 1 aliphatic heterocycles. The number of hydrogen-bond donors (Lipinski definition) is 0. The van der Waals surface area contributed by atoms with Crippen molar-refractivity contribution in [2.24, 2.45) is 0 Å². The number of carbonyl (C=O) groups excluding carboxylic acids is 1. The molecule has 28 heavy (non-hydrogen) atoms. The molecule has 0 radical (unpaired) electrons. The third-order valence-corrected chi connectivity index (χ3v) is 5.26. The number of amides is 1. The van der Waals surface area contributed by atoms with E-state index in [0.29, 0.717) is 0 Å². The van der Waals surface area contributed by atoms with Gasteiger partial charge in [-0.1, -0.05) is 13.3 Å². The van der Waals surface area contributed by atoms with E-state index >= 15 is 0 Å². The minimum absolute atomic E-state index is 0.110. The molecule has 1 aromatic heterocycles. The summed E-state index contributed by atoms with van der Waals surface area (Å²) in [6, 6.07) is 9.65. The van der Waals surface area contributed by atoms with E-state index in [1.165, 1.54) is 5.69 Å². The highest BCUT2D eigenvalue weighted by Crippen LogP contribution is 2.15. The quantitative estimate of drug-likeness (QED) is 0.656. The summed E-state index contributed by atoms with van der Waals surface area (Å²) in [5, 5.41) is 4.52. The van der Waals surface area contributed by atoms with Crippen molar-refractivity contribution in [1.29, 1.82) is 0 Å². The molecular weight excluding hydrogens is 352 g/mol. The molecule has 3 rings (SSSR count). The van der Waals surface area contributed by atoms with E-state index < -0.39 is 0 Å². The zero-order valence-electron chi connectivity index (χ0n) is 17.4. The van der Waals surface area contributed by atoms with Gasteiger partial charge < -0.3 is 9.64 Å². The Balaban J connectivity index is 1.45. The SMILES string of the molecule is CCCCOc1ccc(C(=O)N2CCN(CCn3nc(C)cc3C)CC2)cc1. The van der Waals surface area contributed by atoms with Crippen molar-refractivity contribution in [3.63, 3.8) is 0 Å². The number of ether oxygens (including phenoxy) is 1. The second-order valence-electron chi connectivity index (χ2n) is 7.51. The smallest absolute Gasteiger partial charge is 0.253 e. The minimum Gasteiger partial charge on any atom is -0.494 e. The fraction of sp³-hybridized carbons (Fsp3) is 0.545. The molecule has 0 spiro atoms. The average molecular weight is 385 g/mol. The lowest BCUT2D eigenvalue weighted by atomic mass is 10.1. The summed E-state index contributed by atoms with van der Waals surface area (Å²) in [6.45, 7) is 12.2. The molecule has 0 atom stereocenters. The molecule has 6 nitrogen and oxygen atoms in total. The highest BCUT2D eigenvalue weighted by molar-refractivity contribution is 5.94. The van der Waals surface area contributed by atoms with Gasteiger partial charge in [-0.15, -0.1) is 0 Å². The Morgan fingerprint density at radius 3 is 2.39 bits per heavy atom. The number of unbranched alkanes of at least 4 members (excludes halogenated alkanes) is 1. The summed E-state index contributed by atoms with van der Waals surface area (Å²) in [4.78, 5) is 17.1. The van der Waals surface area contributed by atoms with Gasteiger partial charge in [0.05, 0.1) is 18.8 Å². The van der Waals surface area contributed by atoms with Gasteiger partial charge in [-0.3, -0.25) is 14.4 Å². The van der Waals surface area contributed by atoms with E-state index in [-0.39, 0.29) is 5.91 Å². The third-order valence-electron chi connectivity index (χ3n) is 5.26. The molecular formula is C22H32N4O2. The summed E-state index contributed by atoms with van der Waals surface area (Å²) >= 11 is 0. The zero-order valence-corrected chi connectivity index (χ0v) is 17.4. The van der Waals surface area contributed by atoms with E-state index in [1.807, 2.05) is 36.1 Å². The Morgan fingerprint density at radius 2 is 1.79 bits per heavy atom. The molecule has 152 valence electrons. The number of benzene rings is 1. The van der Waals surface area contributed by atoms with Crippen molar-refractivity contribution in [2.75, 3.05) is 39.3 Å². The van der Waals surface area contributed by atoms with Crippen LogP contribution in [0.2, 0.25) is 0 Å². The van der Waals surface area contributed by atoms with Crippen LogP contribution in [0.15, 0.2) is 30.3 Å². The largest absolute Gasteiger partial charge is 0.494 e. The van der Waals surface area contributed by atoms with Crippen molar-refractivity contribution in [1.82, 2.24) is 19.6 Å². The number of piperazine rings is 1. The molecule has 0 unspecified atom stereocenters. The molecule has 6 heteroatoms. The first-order valence-corrected chi connectivity index (χ1v) is 10.3. The fourth-order valence-electron chi connectivity index (χ4n) is 3.52. The Bertz CT molecular complexity index is 761. The van der Waals surface area contributed by atoms with Gasteiger partial charge in [0.25, 0.3) is 5.91 Å². The van der Waals surface area contributed by atoms with Gasteiger partial charge in [-0.25, -0.2) is 0 Å². The summed E-state index contributed by atoms with van der Waals surface area (Å²) in [5.41, 5.74) is 3.00. The molecule has 1 saturated heterocycles. The van der Waals surface area contributed by atoms with Gasteiger partial charge in [0, 0.05) is 44.0 Å². The topological polar surface area (TPSA) is 50.6 Å². The van der Waals surface area contributed by atoms with Gasteiger partial charge >= 0.3 is 0 Å². The first kappa shape index (κ1) is 20.4. The van der Waals surface area contributed by atoms with Crippen molar-refractivity contribution in [3.05, 3.63) is 47.3 Å². The fourth-order valence-corrected chi connectivity index (χ4v) is 3.52. The first-order valence-electron chi connectivity index (χ1n) is 10.3. The predicted molar refractivity (Wildman–Crippen MR) is 111 cm³/mol. The Kier molecular flexibility index (Phi) is 7.09. The molecule has 1 aliphatic rings. The molecule has 0 bridgehead atoms. The molecule has 2 aromatic rings. The van der Waals surface area contributed by atoms with Crippen LogP contribution in [0.1, 0.15) is 41.5 Å². The van der Waals surface area contributed by atoms with Crippen LogP contribution in [0, 0.1) is 13.8 Å². The number of hydrogen-bond acceptors (Lipinski definition) is 4. The number of carbonyl (C=O) groups is 1. The monoisotopic (exact) mass is 384 g/mol. The highest BCUT2D eigenvalue weighted by atomic mass is 16.5. The van der Waals surface area contributed by atoms with Crippen molar-refractivity contribution in [3.8, 4) is 5.75 Å². The standard InChI is InChI=1S/C22H32N4O2/c1-4-5-16-28-21-8-6-20(7-9-21)22(27)25-13-10-24(11-14-25)12-15-26-19(3)17-18(2)23-26/h6-9,17H,4-5,10-16H2,1-3H3. The lowest BCUT2D eigenvalue weighted by Gasteiger charge is -2.34. The molecule has 0 N–H and O–H groups in total. The third kappa shape index (κ3) is 5.35. The maximum Gasteiger partial charge on any atom is 0.253 e. The van der Waals surface area contributed by atoms with Crippen LogP contribution in [0.25, 0.3) is 0 Å². The maximum absolute atomic E-state index is 12.8. The molecule has 2 heterocycles. The van der Waals surface area contributed by atoms with E-state index in [4.69, 9.17) is 4.74 Å². The van der Waals surface area contributed by atoms with Crippen LogP contribution in [0.4, 0.5) is 0 Å². The Labute approximate surface area is 168 Å². The van der Waals surface area contributed by atoms with Crippen molar-refractivity contribution < 1.29 is 9.53 Å². The molecule has 1 amide bonds. The molecule has 1 aromatic carbocycles. The summed E-state index contributed by atoms with van der Waals surface area (Å²) < 4.78 is 7.74. The van der Waals surface area contributed by atoms with Gasteiger partial charge in [-0.2, -0.15) is 5.10 Å². The van der Waals surface area contributed by atoms with Crippen LogP contribution < -0.4 is 4.74 Å². The van der Waals surface area contributed by atoms with E-state index in [9.17, 15) is 4.79 Å². The number of rotatable bonds is 8.